The molecular formula is C21H17BrClN5OS. The number of amides is 1. The second-order valence-corrected chi connectivity index (χ2v) is 8.54. The molecule has 0 aliphatic heterocycles. The lowest BCUT2D eigenvalue weighted by atomic mass is 10.1. The van der Waals surface area contributed by atoms with Crippen LogP contribution in [0.1, 0.15) is 4.88 Å². The fraction of sp³-hybridized carbons (Fsp3) is 0.0952. The molecule has 0 saturated carbocycles. The van der Waals surface area contributed by atoms with Crippen LogP contribution in [0.3, 0.4) is 0 Å². The highest BCUT2D eigenvalue weighted by atomic mass is 79.9. The molecule has 2 N–H and O–H groups in total. The molecular weight excluding hydrogens is 486 g/mol. The third kappa shape index (κ3) is 4.72. The van der Waals surface area contributed by atoms with Crippen LogP contribution in [-0.2, 0) is 4.79 Å². The zero-order valence-corrected chi connectivity index (χ0v) is 18.8. The molecule has 4 aromatic rings. The molecule has 152 valence electrons. The van der Waals surface area contributed by atoms with Crippen LogP contribution in [0.4, 0.5) is 5.82 Å². The van der Waals surface area contributed by atoms with E-state index in [0.717, 1.165) is 26.4 Å². The third-order valence-corrected chi connectivity index (χ3v) is 5.98. The van der Waals surface area contributed by atoms with Gasteiger partial charge in [0.2, 0.25) is 5.91 Å². The van der Waals surface area contributed by atoms with Crippen molar-refractivity contribution in [3.8, 4) is 11.3 Å². The number of fused-ring (bicyclic) bond motifs is 1. The number of hydrogen-bond acceptors (Lipinski definition) is 5. The summed E-state index contributed by atoms with van der Waals surface area (Å²) < 4.78 is 2.50. The summed E-state index contributed by atoms with van der Waals surface area (Å²) in [6.07, 6.45) is 5.04. The Kier molecular flexibility index (Phi) is 6.47. The second-order valence-electron chi connectivity index (χ2n) is 6.30. The summed E-state index contributed by atoms with van der Waals surface area (Å²) in [5, 5.41) is 13.1. The van der Waals surface area contributed by atoms with Crippen molar-refractivity contribution in [2.75, 3.05) is 18.4 Å². The van der Waals surface area contributed by atoms with E-state index in [9.17, 15) is 4.79 Å². The first-order valence-corrected chi connectivity index (χ1v) is 11.2. The normalized spacial score (nSPS) is 11.3. The van der Waals surface area contributed by atoms with Gasteiger partial charge in [0, 0.05) is 40.7 Å². The average molecular weight is 503 g/mol. The van der Waals surface area contributed by atoms with Gasteiger partial charge in [-0.2, -0.15) is 9.61 Å². The maximum Gasteiger partial charge on any atom is 0.244 e. The zero-order chi connectivity index (χ0) is 20.9. The number of rotatable bonds is 7. The summed E-state index contributed by atoms with van der Waals surface area (Å²) in [6, 6.07) is 13.4. The van der Waals surface area contributed by atoms with Gasteiger partial charge in [0.1, 0.15) is 5.82 Å². The minimum Gasteiger partial charge on any atom is -0.368 e. The summed E-state index contributed by atoms with van der Waals surface area (Å²) in [6.45, 7) is 0.985. The van der Waals surface area contributed by atoms with Gasteiger partial charge in [-0.3, -0.25) is 4.79 Å². The van der Waals surface area contributed by atoms with Crippen LogP contribution in [0.25, 0.3) is 23.0 Å². The van der Waals surface area contributed by atoms with E-state index in [0.29, 0.717) is 23.8 Å². The molecule has 0 aliphatic carbocycles. The molecule has 3 heterocycles. The van der Waals surface area contributed by atoms with Crippen LogP contribution in [0.2, 0.25) is 5.02 Å². The second kappa shape index (κ2) is 9.42. The smallest absolute Gasteiger partial charge is 0.244 e. The molecule has 0 radical (unpaired) electrons. The standard InChI is InChI=1S/C21H17BrClN5OS/c22-16-13-26-28-19(12-18(27-21(16)28)15-5-1-2-6-17(15)23)24-9-10-25-20(29)8-7-14-4-3-11-30-14/h1-8,11-13,24H,9-10H2,(H,25,29). The monoisotopic (exact) mass is 501 g/mol. The van der Waals surface area contributed by atoms with E-state index in [1.807, 2.05) is 47.8 Å². The highest BCUT2D eigenvalue weighted by molar-refractivity contribution is 9.10. The van der Waals surface area contributed by atoms with Gasteiger partial charge in [-0.25, -0.2) is 4.98 Å². The van der Waals surface area contributed by atoms with Crippen molar-refractivity contribution >= 4 is 62.3 Å². The van der Waals surface area contributed by atoms with Gasteiger partial charge in [0.15, 0.2) is 5.65 Å². The van der Waals surface area contributed by atoms with Crippen LogP contribution in [0.15, 0.2) is 64.6 Å². The first kappa shape index (κ1) is 20.6. The number of benzene rings is 1. The summed E-state index contributed by atoms with van der Waals surface area (Å²) >= 11 is 11.4. The minimum absolute atomic E-state index is 0.135. The molecule has 0 aliphatic rings. The Morgan fingerprint density at radius 2 is 2.10 bits per heavy atom. The van der Waals surface area contributed by atoms with Crippen molar-refractivity contribution in [1.29, 1.82) is 0 Å². The van der Waals surface area contributed by atoms with Crippen LogP contribution in [-0.4, -0.2) is 33.6 Å². The van der Waals surface area contributed by atoms with E-state index < -0.39 is 0 Å². The molecule has 9 heteroatoms. The molecule has 0 spiro atoms. The van der Waals surface area contributed by atoms with E-state index in [2.05, 4.69) is 36.6 Å². The third-order valence-electron chi connectivity index (χ3n) is 4.25. The SMILES string of the molecule is O=C(C=Cc1cccs1)NCCNc1cc(-c2ccccc2Cl)nc2c(Br)cnn12. The lowest BCUT2D eigenvalue weighted by molar-refractivity contribution is -0.116. The number of thiophene rings is 1. The lowest BCUT2D eigenvalue weighted by Crippen LogP contribution is -2.27. The van der Waals surface area contributed by atoms with Crippen molar-refractivity contribution in [3.63, 3.8) is 0 Å². The number of aromatic nitrogens is 3. The first-order valence-electron chi connectivity index (χ1n) is 9.14. The highest BCUT2D eigenvalue weighted by Crippen LogP contribution is 2.30. The summed E-state index contributed by atoms with van der Waals surface area (Å²) in [5.74, 6) is 0.618. The van der Waals surface area contributed by atoms with Gasteiger partial charge in [-0.15, -0.1) is 11.3 Å². The van der Waals surface area contributed by atoms with Gasteiger partial charge in [-0.1, -0.05) is 35.9 Å². The fourth-order valence-electron chi connectivity index (χ4n) is 2.85. The molecule has 6 nitrogen and oxygen atoms in total. The van der Waals surface area contributed by atoms with Crippen molar-refractivity contribution in [2.45, 2.75) is 0 Å². The van der Waals surface area contributed by atoms with Gasteiger partial charge < -0.3 is 10.6 Å². The first-order chi connectivity index (χ1) is 14.6. The van der Waals surface area contributed by atoms with Crippen molar-refractivity contribution in [2.24, 2.45) is 0 Å². The molecule has 0 bridgehead atoms. The van der Waals surface area contributed by atoms with Gasteiger partial charge in [-0.05, 0) is 39.5 Å². The number of hydrogen-bond donors (Lipinski definition) is 2. The van der Waals surface area contributed by atoms with Crippen LogP contribution >= 0.6 is 38.9 Å². The summed E-state index contributed by atoms with van der Waals surface area (Å²) in [4.78, 5) is 17.7. The Morgan fingerprint density at radius 1 is 1.23 bits per heavy atom. The van der Waals surface area contributed by atoms with E-state index in [-0.39, 0.29) is 5.91 Å². The Balaban J connectivity index is 1.46. The molecule has 0 fully saturated rings. The van der Waals surface area contributed by atoms with E-state index in [4.69, 9.17) is 11.6 Å². The Labute approximate surface area is 190 Å². The number of carbonyl (C=O) groups excluding carboxylic acids is 1. The number of nitrogens with one attached hydrogen (secondary N) is 2. The summed E-state index contributed by atoms with van der Waals surface area (Å²) in [5.41, 5.74) is 2.25. The van der Waals surface area contributed by atoms with Gasteiger partial charge in [0.05, 0.1) is 16.4 Å². The molecule has 0 atom stereocenters. The largest absolute Gasteiger partial charge is 0.368 e. The topological polar surface area (TPSA) is 71.3 Å². The van der Waals surface area contributed by atoms with E-state index in [1.54, 1.807) is 28.1 Å². The maximum atomic E-state index is 12.0. The van der Waals surface area contributed by atoms with Crippen LogP contribution in [0.5, 0.6) is 0 Å². The number of carbonyl (C=O) groups is 1. The average Bonchev–Trinajstić information content (AvgIpc) is 3.40. The number of nitrogens with zero attached hydrogens (tertiary/aromatic N) is 3. The predicted molar refractivity (Wildman–Crippen MR) is 126 cm³/mol. The van der Waals surface area contributed by atoms with Crippen molar-refractivity contribution in [3.05, 3.63) is 74.5 Å². The van der Waals surface area contributed by atoms with E-state index in [1.165, 1.54) is 6.08 Å². The molecule has 1 aromatic carbocycles. The fourth-order valence-corrected chi connectivity index (χ4v) is 4.05. The Bertz CT molecular complexity index is 1210. The van der Waals surface area contributed by atoms with Crippen LogP contribution < -0.4 is 10.6 Å². The highest BCUT2D eigenvalue weighted by Gasteiger charge is 2.13. The van der Waals surface area contributed by atoms with E-state index >= 15 is 0 Å². The Morgan fingerprint density at radius 3 is 2.90 bits per heavy atom. The molecule has 0 saturated heterocycles. The van der Waals surface area contributed by atoms with Gasteiger partial charge in [0.25, 0.3) is 0 Å². The molecule has 1 amide bonds. The molecule has 3 aromatic heterocycles. The number of anilines is 1. The zero-order valence-electron chi connectivity index (χ0n) is 15.7. The Hall–Kier alpha value is -2.68. The lowest BCUT2D eigenvalue weighted by Gasteiger charge is -2.12. The number of halogens is 2. The molecule has 4 rings (SSSR count). The predicted octanol–water partition coefficient (Wildman–Crippen LogP) is 5.12. The van der Waals surface area contributed by atoms with Gasteiger partial charge >= 0.3 is 0 Å². The molecule has 30 heavy (non-hydrogen) atoms. The quantitative estimate of drug-likeness (QED) is 0.272. The maximum absolute atomic E-state index is 12.0. The van der Waals surface area contributed by atoms with Crippen molar-refractivity contribution < 1.29 is 4.79 Å². The molecule has 0 unspecified atom stereocenters. The summed E-state index contributed by atoms with van der Waals surface area (Å²) in [7, 11) is 0. The van der Waals surface area contributed by atoms with Crippen LogP contribution in [0, 0.1) is 0 Å². The van der Waals surface area contributed by atoms with Crippen molar-refractivity contribution in [1.82, 2.24) is 19.9 Å². The minimum atomic E-state index is -0.135.